The molecule has 0 heterocycles. The molecule has 4 N–H and O–H groups in total. The van der Waals surface area contributed by atoms with Crippen molar-refractivity contribution in [3.63, 3.8) is 0 Å². The minimum Gasteiger partial charge on any atom is -0.361 e. The maximum Gasteiger partial charge on any atom is 0.309 e. The number of hydrogen-bond acceptors (Lipinski definition) is 4. The van der Waals surface area contributed by atoms with E-state index in [0.717, 1.165) is 0 Å². The highest BCUT2D eigenvalue weighted by Gasteiger charge is 2.33. The average Bonchev–Trinajstić information content (AvgIpc) is 1.64. The van der Waals surface area contributed by atoms with E-state index in [0.29, 0.717) is 0 Å². The van der Waals surface area contributed by atoms with Gasteiger partial charge in [0.15, 0.2) is 0 Å². The van der Waals surface area contributed by atoms with Crippen molar-refractivity contribution in [2.75, 3.05) is 0 Å². The topological polar surface area (TPSA) is 101 Å². The van der Waals surface area contributed by atoms with Gasteiger partial charge in [0, 0.05) is 6.42 Å². The summed E-state index contributed by atoms with van der Waals surface area (Å²) in [5.41, 5.74) is 4.71. The number of hydrogen-bond donors (Lipinski definition) is 3. The van der Waals surface area contributed by atoms with Crippen LogP contribution in [0.1, 0.15) is 13.3 Å². The van der Waals surface area contributed by atoms with Crippen molar-refractivity contribution < 1.29 is 18.1 Å². The Morgan fingerprint density at radius 3 is 2.00 bits per heavy atom. The molecule has 1 atom stereocenters. The molecule has 1 unspecified atom stereocenters. The summed E-state index contributed by atoms with van der Waals surface area (Å²) in [7, 11) is -4.52. The predicted octanol–water partition coefficient (Wildman–Crippen LogP) is -1.11. The molecule has 0 aromatic rings. The van der Waals surface area contributed by atoms with Gasteiger partial charge in [0.2, 0.25) is 5.06 Å². The lowest BCUT2D eigenvalue weighted by Gasteiger charge is -2.15. The van der Waals surface area contributed by atoms with Crippen molar-refractivity contribution in [2.24, 2.45) is 5.73 Å². The van der Waals surface area contributed by atoms with Gasteiger partial charge in [-0.25, -0.2) is 0 Å². The molecule has 5 nitrogen and oxygen atoms in total. The summed E-state index contributed by atoms with van der Waals surface area (Å²) in [6.45, 7) is 1.34. The van der Waals surface area contributed by atoms with Gasteiger partial charge in [-0.05, 0) is 0 Å². The van der Waals surface area contributed by atoms with Gasteiger partial charge in [0.1, 0.15) is 0 Å². The molecule has 6 heteroatoms. The summed E-state index contributed by atoms with van der Waals surface area (Å²) in [6, 6.07) is 0. The normalized spacial score (nSPS) is 19.1. The van der Waals surface area contributed by atoms with Gasteiger partial charge < -0.3 is 5.11 Å². The average molecular weight is 155 g/mol. The maximum atomic E-state index is 10.1. The highest BCUT2D eigenvalue weighted by molar-refractivity contribution is 7.87. The van der Waals surface area contributed by atoms with Crippen LogP contribution in [-0.4, -0.2) is 23.1 Å². The van der Waals surface area contributed by atoms with E-state index in [1.54, 1.807) is 0 Å². The van der Waals surface area contributed by atoms with Crippen LogP contribution < -0.4 is 5.73 Å². The zero-order valence-electron chi connectivity index (χ0n) is 4.90. The lowest BCUT2D eigenvalue weighted by Crippen LogP contribution is -2.46. The van der Waals surface area contributed by atoms with Gasteiger partial charge in [0.05, 0.1) is 0 Å². The maximum absolute atomic E-state index is 10.1. The van der Waals surface area contributed by atoms with Crippen LogP contribution in [0.2, 0.25) is 0 Å². The van der Waals surface area contributed by atoms with Crippen molar-refractivity contribution in [2.45, 2.75) is 18.4 Å². The van der Waals surface area contributed by atoms with Crippen molar-refractivity contribution in [1.82, 2.24) is 0 Å². The van der Waals surface area contributed by atoms with E-state index in [-0.39, 0.29) is 6.42 Å². The van der Waals surface area contributed by atoms with E-state index in [4.69, 9.17) is 15.4 Å². The Balaban J connectivity index is 4.56. The quantitative estimate of drug-likeness (QED) is 0.346. The van der Waals surface area contributed by atoms with E-state index in [9.17, 15) is 8.42 Å². The molecule has 0 radical (unpaired) electrons. The van der Waals surface area contributed by atoms with Crippen LogP contribution in [0.15, 0.2) is 0 Å². The molecule has 0 saturated carbocycles. The molecular weight excluding hydrogens is 146 g/mol. The number of rotatable bonds is 2. The Hall–Kier alpha value is -0.170. The molecule has 0 aliphatic rings. The molecule has 0 aromatic heterocycles. The zero-order valence-corrected chi connectivity index (χ0v) is 5.72. The van der Waals surface area contributed by atoms with Crippen molar-refractivity contribution in [3.8, 4) is 0 Å². The molecule has 0 aliphatic carbocycles. The Bertz CT molecular complexity index is 182. The first-order valence-electron chi connectivity index (χ1n) is 2.29. The van der Waals surface area contributed by atoms with Crippen LogP contribution in [0.3, 0.4) is 0 Å². The van der Waals surface area contributed by atoms with Crippen molar-refractivity contribution >= 4 is 10.1 Å². The molecule has 0 aliphatic heterocycles. The highest BCUT2D eigenvalue weighted by atomic mass is 32.2. The summed E-state index contributed by atoms with van der Waals surface area (Å²) >= 11 is 0. The van der Waals surface area contributed by atoms with E-state index in [1.165, 1.54) is 6.92 Å². The molecule has 0 bridgehead atoms. The predicted molar refractivity (Wildman–Crippen MR) is 31.0 cm³/mol. The second-order valence-corrected chi connectivity index (χ2v) is 3.33. The summed E-state index contributed by atoms with van der Waals surface area (Å²) < 4.78 is 28.3. The monoisotopic (exact) mass is 155 g/mol. The zero-order chi connectivity index (χ0) is 7.71. The summed E-state index contributed by atoms with van der Waals surface area (Å²) in [6.07, 6.45) is -0.244. The Morgan fingerprint density at radius 2 is 2.00 bits per heavy atom. The van der Waals surface area contributed by atoms with Crippen molar-refractivity contribution in [1.29, 1.82) is 0 Å². The van der Waals surface area contributed by atoms with Gasteiger partial charge in [-0.3, -0.25) is 10.3 Å². The van der Waals surface area contributed by atoms with Gasteiger partial charge in [0.25, 0.3) is 0 Å². The van der Waals surface area contributed by atoms with Gasteiger partial charge in [-0.1, -0.05) is 6.92 Å². The second kappa shape index (κ2) is 2.22. The standard InChI is InChI=1S/C3H9NO4S/c1-2-3(4,5)9(6,7)8/h5H,2,4H2,1H3,(H,6,7,8). The fraction of sp³-hybridized carbons (Fsp3) is 1.00. The molecule has 0 amide bonds. The van der Waals surface area contributed by atoms with Gasteiger partial charge in [-0.15, -0.1) is 0 Å². The first-order valence-corrected chi connectivity index (χ1v) is 3.73. The van der Waals surface area contributed by atoms with Crippen LogP contribution in [0.25, 0.3) is 0 Å². The summed E-state index contributed by atoms with van der Waals surface area (Å²) in [4.78, 5) is 0. The summed E-state index contributed by atoms with van der Waals surface area (Å²) in [5, 5.41) is 6.11. The molecular formula is C3H9NO4S. The second-order valence-electron chi connectivity index (χ2n) is 1.67. The first kappa shape index (κ1) is 8.83. The molecule has 0 fully saturated rings. The van der Waals surface area contributed by atoms with Crippen LogP contribution >= 0.6 is 0 Å². The Morgan fingerprint density at radius 1 is 1.67 bits per heavy atom. The third-order valence-electron chi connectivity index (χ3n) is 0.953. The minimum atomic E-state index is -4.52. The molecule has 9 heavy (non-hydrogen) atoms. The molecule has 56 valence electrons. The Labute approximate surface area is 53.2 Å². The van der Waals surface area contributed by atoms with E-state index in [2.05, 4.69) is 0 Å². The van der Waals surface area contributed by atoms with Gasteiger partial charge in [-0.2, -0.15) is 8.42 Å². The SMILES string of the molecule is CCC(N)(O)S(=O)(=O)O. The van der Waals surface area contributed by atoms with Gasteiger partial charge >= 0.3 is 10.1 Å². The minimum absolute atomic E-state index is 0.244. The van der Waals surface area contributed by atoms with E-state index >= 15 is 0 Å². The molecule has 0 saturated heterocycles. The smallest absolute Gasteiger partial charge is 0.309 e. The lowest BCUT2D eigenvalue weighted by molar-refractivity contribution is 0.116. The Kier molecular flexibility index (Phi) is 2.18. The lowest BCUT2D eigenvalue weighted by atomic mass is 10.4. The molecule has 0 spiro atoms. The third kappa shape index (κ3) is 1.90. The number of nitrogens with two attached hydrogens (primary N) is 1. The van der Waals surface area contributed by atoms with Crippen LogP contribution in [-0.2, 0) is 10.1 Å². The van der Waals surface area contributed by atoms with Crippen LogP contribution in [0.4, 0.5) is 0 Å². The fourth-order valence-electron chi connectivity index (χ4n) is 0.182. The van der Waals surface area contributed by atoms with E-state index < -0.39 is 15.2 Å². The van der Waals surface area contributed by atoms with Crippen molar-refractivity contribution in [3.05, 3.63) is 0 Å². The highest BCUT2D eigenvalue weighted by Crippen LogP contribution is 2.07. The first-order chi connectivity index (χ1) is 3.81. The van der Waals surface area contributed by atoms with E-state index in [1.807, 2.05) is 0 Å². The third-order valence-corrected chi connectivity index (χ3v) is 2.14. The molecule has 0 aromatic carbocycles. The van der Waals surface area contributed by atoms with Crippen LogP contribution in [0, 0.1) is 0 Å². The number of aliphatic hydroxyl groups is 1. The largest absolute Gasteiger partial charge is 0.361 e. The van der Waals surface area contributed by atoms with Crippen LogP contribution in [0.5, 0.6) is 0 Å². The fourth-order valence-corrected chi connectivity index (χ4v) is 0.547. The molecule has 0 rings (SSSR count). The summed E-state index contributed by atoms with van der Waals surface area (Å²) in [5.74, 6) is 0.